The SMILES string of the molecule is COC(=O)[C@H]1CN(C)C(=O)N1c1ccc(C#N)c(C(F)(F)F)c1. The Morgan fingerprint density at radius 3 is 2.61 bits per heavy atom. The molecule has 0 saturated carbocycles. The van der Waals surface area contributed by atoms with Gasteiger partial charge in [-0.3, -0.25) is 4.90 Å². The molecule has 0 aromatic heterocycles. The summed E-state index contributed by atoms with van der Waals surface area (Å²) in [7, 11) is 2.55. The number of esters is 1. The molecule has 1 aromatic rings. The van der Waals surface area contributed by atoms with E-state index in [1.165, 1.54) is 24.1 Å². The van der Waals surface area contributed by atoms with E-state index in [1.807, 2.05) is 0 Å². The third-order valence-electron chi connectivity index (χ3n) is 3.47. The topological polar surface area (TPSA) is 73.6 Å². The summed E-state index contributed by atoms with van der Waals surface area (Å²) in [5.41, 5.74) is -1.85. The number of carbonyl (C=O) groups is 2. The number of likely N-dealkylation sites (N-methyl/N-ethyl adjacent to an activating group) is 1. The van der Waals surface area contributed by atoms with E-state index in [4.69, 9.17) is 5.26 Å². The highest BCUT2D eigenvalue weighted by Crippen LogP contribution is 2.36. The van der Waals surface area contributed by atoms with Crippen LogP contribution in [0.4, 0.5) is 23.7 Å². The normalized spacial score (nSPS) is 18.1. The number of ether oxygens (including phenoxy) is 1. The molecule has 1 saturated heterocycles. The molecule has 1 aliphatic heterocycles. The number of halogens is 3. The van der Waals surface area contributed by atoms with Crippen LogP contribution in [0.25, 0.3) is 0 Å². The van der Waals surface area contributed by atoms with Gasteiger partial charge in [0.25, 0.3) is 0 Å². The van der Waals surface area contributed by atoms with Crippen LogP contribution in [-0.2, 0) is 15.7 Å². The number of amides is 2. The number of nitriles is 1. The molecule has 122 valence electrons. The highest BCUT2D eigenvalue weighted by molar-refractivity contribution is 6.01. The van der Waals surface area contributed by atoms with Gasteiger partial charge in [-0.05, 0) is 18.2 Å². The highest BCUT2D eigenvalue weighted by atomic mass is 19.4. The van der Waals surface area contributed by atoms with Crippen molar-refractivity contribution < 1.29 is 27.5 Å². The van der Waals surface area contributed by atoms with Crippen LogP contribution in [-0.4, -0.2) is 43.6 Å². The van der Waals surface area contributed by atoms with E-state index in [1.54, 1.807) is 0 Å². The Bertz CT molecular complexity index is 697. The van der Waals surface area contributed by atoms with Gasteiger partial charge < -0.3 is 9.64 Å². The number of hydrogen-bond donors (Lipinski definition) is 0. The molecule has 1 aromatic carbocycles. The summed E-state index contributed by atoms with van der Waals surface area (Å²) in [5.74, 6) is -0.736. The summed E-state index contributed by atoms with van der Waals surface area (Å²) in [6, 6.07) is 2.64. The fourth-order valence-corrected chi connectivity index (χ4v) is 2.36. The smallest absolute Gasteiger partial charge is 0.417 e. The molecular formula is C14H12F3N3O3. The molecule has 1 aliphatic rings. The number of nitrogens with zero attached hydrogens (tertiary/aromatic N) is 3. The van der Waals surface area contributed by atoms with Gasteiger partial charge in [0.1, 0.15) is 0 Å². The molecule has 0 bridgehead atoms. The van der Waals surface area contributed by atoms with Gasteiger partial charge in [0.05, 0.1) is 30.9 Å². The zero-order valence-electron chi connectivity index (χ0n) is 12.2. The van der Waals surface area contributed by atoms with Gasteiger partial charge in [0.15, 0.2) is 6.04 Å². The van der Waals surface area contributed by atoms with Crippen molar-refractivity contribution in [3.05, 3.63) is 29.3 Å². The molecule has 2 rings (SSSR count). The zero-order chi connectivity index (χ0) is 17.4. The molecule has 0 aliphatic carbocycles. The third kappa shape index (κ3) is 2.92. The summed E-state index contributed by atoms with van der Waals surface area (Å²) < 4.78 is 43.7. The van der Waals surface area contributed by atoms with Crippen molar-refractivity contribution in [2.75, 3.05) is 25.6 Å². The lowest BCUT2D eigenvalue weighted by Crippen LogP contribution is -2.40. The first kappa shape index (κ1) is 16.6. The lowest BCUT2D eigenvalue weighted by molar-refractivity contribution is -0.141. The highest BCUT2D eigenvalue weighted by Gasteiger charge is 2.42. The Hall–Kier alpha value is -2.76. The fraction of sp³-hybridized carbons (Fsp3) is 0.357. The van der Waals surface area contributed by atoms with Gasteiger partial charge >= 0.3 is 18.2 Å². The van der Waals surface area contributed by atoms with Crippen LogP contribution < -0.4 is 4.90 Å². The third-order valence-corrected chi connectivity index (χ3v) is 3.47. The summed E-state index contributed by atoms with van der Waals surface area (Å²) in [4.78, 5) is 26.1. The van der Waals surface area contributed by atoms with Crippen molar-refractivity contribution >= 4 is 17.7 Å². The molecule has 0 spiro atoms. The number of anilines is 1. The molecule has 0 N–H and O–H groups in total. The van der Waals surface area contributed by atoms with Crippen molar-refractivity contribution in [1.82, 2.24) is 4.90 Å². The van der Waals surface area contributed by atoms with Crippen LogP contribution in [0, 0.1) is 11.3 Å². The van der Waals surface area contributed by atoms with E-state index < -0.39 is 35.3 Å². The molecular weight excluding hydrogens is 315 g/mol. The van der Waals surface area contributed by atoms with Crippen LogP contribution in [0.2, 0.25) is 0 Å². The maximum Gasteiger partial charge on any atom is 0.417 e. The number of rotatable bonds is 2. The van der Waals surface area contributed by atoms with Crippen LogP contribution >= 0.6 is 0 Å². The Morgan fingerprint density at radius 1 is 1.43 bits per heavy atom. The quantitative estimate of drug-likeness (QED) is 0.779. The van der Waals surface area contributed by atoms with Gasteiger partial charge in [0, 0.05) is 12.7 Å². The van der Waals surface area contributed by atoms with E-state index in [-0.39, 0.29) is 12.2 Å². The second-order valence-electron chi connectivity index (χ2n) is 4.91. The van der Waals surface area contributed by atoms with Gasteiger partial charge in [-0.15, -0.1) is 0 Å². The maximum absolute atomic E-state index is 13.0. The summed E-state index contributed by atoms with van der Waals surface area (Å²) in [5, 5.41) is 8.80. The minimum Gasteiger partial charge on any atom is -0.467 e. The summed E-state index contributed by atoms with van der Waals surface area (Å²) in [6.07, 6.45) is -4.75. The minimum atomic E-state index is -4.75. The lowest BCUT2D eigenvalue weighted by atomic mass is 10.1. The predicted octanol–water partition coefficient (Wildman–Crippen LogP) is 1.99. The van der Waals surface area contributed by atoms with E-state index in [2.05, 4.69) is 4.74 Å². The first-order chi connectivity index (χ1) is 10.7. The number of urea groups is 1. The monoisotopic (exact) mass is 327 g/mol. The molecule has 2 amide bonds. The van der Waals surface area contributed by atoms with Crippen molar-refractivity contribution in [2.45, 2.75) is 12.2 Å². The lowest BCUT2D eigenvalue weighted by Gasteiger charge is -2.22. The molecule has 1 atom stereocenters. The average molecular weight is 327 g/mol. The Kier molecular flexibility index (Phi) is 4.18. The zero-order valence-corrected chi connectivity index (χ0v) is 12.2. The molecule has 1 heterocycles. The van der Waals surface area contributed by atoms with Gasteiger partial charge in [-0.1, -0.05) is 0 Å². The van der Waals surface area contributed by atoms with Crippen molar-refractivity contribution in [3.63, 3.8) is 0 Å². The van der Waals surface area contributed by atoms with E-state index in [9.17, 15) is 22.8 Å². The molecule has 23 heavy (non-hydrogen) atoms. The van der Waals surface area contributed by atoms with Crippen LogP contribution in [0.15, 0.2) is 18.2 Å². The second kappa shape index (κ2) is 5.79. The maximum atomic E-state index is 13.0. The van der Waals surface area contributed by atoms with Gasteiger partial charge in [-0.2, -0.15) is 18.4 Å². The number of methoxy groups -OCH3 is 1. The predicted molar refractivity (Wildman–Crippen MR) is 72.5 cm³/mol. The van der Waals surface area contributed by atoms with Crippen molar-refractivity contribution in [1.29, 1.82) is 5.26 Å². The van der Waals surface area contributed by atoms with Crippen LogP contribution in [0.5, 0.6) is 0 Å². The first-order valence-corrected chi connectivity index (χ1v) is 6.44. The summed E-state index contributed by atoms with van der Waals surface area (Å²) in [6.45, 7) is -0.00708. The van der Waals surface area contributed by atoms with Crippen molar-refractivity contribution in [2.24, 2.45) is 0 Å². The number of alkyl halides is 3. The van der Waals surface area contributed by atoms with Crippen LogP contribution in [0.1, 0.15) is 11.1 Å². The van der Waals surface area contributed by atoms with E-state index in [0.29, 0.717) is 6.07 Å². The largest absolute Gasteiger partial charge is 0.467 e. The molecule has 6 nitrogen and oxygen atoms in total. The Morgan fingerprint density at radius 2 is 2.09 bits per heavy atom. The van der Waals surface area contributed by atoms with Crippen molar-refractivity contribution in [3.8, 4) is 6.07 Å². The average Bonchev–Trinajstić information content (AvgIpc) is 2.80. The first-order valence-electron chi connectivity index (χ1n) is 6.44. The Balaban J connectivity index is 2.54. The molecule has 9 heteroatoms. The molecule has 0 unspecified atom stereocenters. The van der Waals surface area contributed by atoms with Gasteiger partial charge in [0.2, 0.25) is 0 Å². The second-order valence-corrected chi connectivity index (χ2v) is 4.91. The molecule has 1 fully saturated rings. The van der Waals surface area contributed by atoms with Gasteiger partial charge in [-0.25, -0.2) is 9.59 Å². The summed E-state index contributed by atoms with van der Waals surface area (Å²) >= 11 is 0. The number of hydrogen-bond acceptors (Lipinski definition) is 4. The van der Waals surface area contributed by atoms with E-state index >= 15 is 0 Å². The standard InChI is InChI=1S/C14H12F3N3O3/c1-19-7-11(12(21)23-2)20(13(19)22)9-4-3-8(6-18)10(5-9)14(15,16)17/h3-5,11H,7H2,1-2H3/t11-/m1/s1. The Labute approximate surface area is 129 Å². The van der Waals surface area contributed by atoms with E-state index in [0.717, 1.165) is 18.1 Å². The minimum absolute atomic E-state index is 0.00708. The van der Waals surface area contributed by atoms with Crippen LogP contribution in [0.3, 0.4) is 0 Å². The number of benzene rings is 1. The fourth-order valence-electron chi connectivity index (χ4n) is 2.36. The number of carbonyl (C=O) groups excluding carboxylic acids is 2. The molecule has 0 radical (unpaired) electrons.